The molecule has 2 rings (SSSR count). The molecule has 0 saturated carbocycles. The maximum absolute atomic E-state index is 2.69. The Bertz CT molecular complexity index is 361. The standard InChI is InChI=1S/C19H40N4/c1-18(2,3)22-9-8-17(20(7)10-13-22)16-21-11-14-23(15-12-21)19(4,5)6/h17H,8-16H2,1-7H3/t17-/m1/s1. The van der Waals surface area contributed by atoms with Gasteiger partial charge in [-0.05, 0) is 55.0 Å². The van der Waals surface area contributed by atoms with Crippen LogP contribution in [0, 0.1) is 0 Å². The van der Waals surface area contributed by atoms with Crippen LogP contribution >= 0.6 is 0 Å². The first-order chi connectivity index (χ1) is 10.6. The molecule has 0 amide bonds. The van der Waals surface area contributed by atoms with E-state index in [1.807, 2.05) is 0 Å². The number of piperazine rings is 1. The van der Waals surface area contributed by atoms with Gasteiger partial charge in [0.15, 0.2) is 0 Å². The molecule has 0 aromatic heterocycles. The Balaban J connectivity index is 1.84. The van der Waals surface area contributed by atoms with Crippen molar-refractivity contribution in [2.24, 2.45) is 0 Å². The van der Waals surface area contributed by atoms with E-state index in [2.05, 4.69) is 68.2 Å². The molecule has 2 fully saturated rings. The molecule has 0 aliphatic carbocycles. The second kappa shape index (κ2) is 7.38. The van der Waals surface area contributed by atoms with Crippen LogP contribution < -0.4 is 0 Å². The SMILES string of the molecule is CN1CCN(C(C)(C)C)CC[C@@H]1CN1CCN(C(C)(C)C)CC1. The van der Waals surface area contributed by atoms with E-state index < -0.39 is 0 Å². The smallest absolute Gasteiger partial charge is 0.0232 e. The van der Waals surface area contributed by atoms with Crippen molar-refractivity contribution in [1.29, 1.82) is 0 Å². The number of nitrogens with zero attached hydrogens (tertiary/aromatic N) is 4. The highest BCUT2D eigenvalue weighted by atomic mass is 15.3. The van der Waals surface area contributed by atoms with E-state index in [0.717, 1.165) is 0 Å². The minimum atomic E-state index is 0.300. The van der Waals surface area contributed by atoms with Crippen molar-refractivity contribution in [2.45, 2.75) is 65.1 Å². The molecule has 0 aromatic carbocycles. The molecule has 136 valence electrons. The lowest BCUT2D eigenvalue weighted by Gasteiger charge is -2.43. The van der Waals surface area contributed by atoms with Gasteiger partial charge in [-0.15, -0.1) is 0 Å². The fourth-order valence-electron chi connectivity index (χ4n) is 3.90. The molecule has 2 aliphatic heterocycles. The quantitative estimate of drug-likeness (QED) is 0.772. The highest BCUT2D eigenvalue weighted by Crippen LogP contribution is 2.20. The third-order valence-electron chi connectivity index (χ3n) is 5.82. The lowest BCUT2D eigenvalue weighted by atomic mass is 10.0. The minimum absolute atomic E-state index is 0.300. The summed E-state index contributed by atoms with van der Waals surface area (Å²) in [7, 11) is 2.32. The van der Waals surface area contributed by atoms with E-state index in [1.54, 1.807) is 0 Å². The lowest BCUT2D eigenvalue weighted by molar-refractivity contribution is 0.0491. The van der Waals surface area contributed by atoms with Crippen LogP contribution in [0.15, 0.2) is 0 Å². The van der Waals surface area contributed by atoms with Crippen LogP contribution in [0.3, 0.4) is 0 Å². The second-order valence-corrected chi connectivity index (χ2v) is 9.54. The van der Waals surface area contributed by atoms with Gasteiger partial charge in [-0.3, -0.25) is 14.7 Å². The van der Waals surface area contributed by atoms with Crippen LogP contribution in [0.25, 0.3) is 0 Å². The number of likely N-dealkylation sites (N-methyl/N-ethyl adjacent to an activating group) is 1. The zero-order valence-electron chi connectivity index (χ0n) is 16.7. The van der Waals surface area contributed by atoms with Gasteiger partial charge < -0.3 is 4.90 Å². The molecule has 4 heteroatoms. The summed E-state index contributed by atoms with van der Waals surface area (Å²) >= 11 is 0. The summed E-state index contributed by atoms with van der Waals surface area (Å²) in [5.41, 5.74) is 0.618. The molecule has 0 aromatic rings. The fourth-order valence-corrected chi connectivity index (χ4v) is 3.90. The van der Waals surface area contributed by atoms with E-state index in [9.17, 15) is 0 Å². The van der Waals surface area contributed by atoms with Gasteiger partial charge >= 0.3 is 0 Å². The first kappa shape index (κ1) is 19.2. The predicted octanol–water partition coefficient (Wildman–Crippen LogP) is 2.21. The van der Waals surface area contributed by atoms with Gasteiger partial charge in [0, 0.05) is 69.5 Å². The first-order valence-corrected chi connectivity index (χ1v) is 9.50. The Hall–Kier alpha value is -0.160. The molecule has 2 saturated heterocycles. The van der Waals surface area contributed by atoms with E-state index in [4.69, 9.17) is 0 Å². The molecular weight excluding hydrogens is 284 g/mol. The molecule has 1 atom stereocenters. The Morgan fingerprint density at radius 2 is 1.17 bits per heavy atom. The van der Waals surface area contributed by atoms with Gasteiger partial charge in [-0.1, -0.05) is 0 Å². The minimum Gasteiger partial charge on any atom is -0.301 e. The summed E-state index contributed by atoms with van der Waals surface area (Å²) in [5, 5.41) is 0. The van der Waals surface area contributed by atoms with Crippen molar-refractivity contribution in [1.82, 2.24) is 19.6 Å². The van der Waals surface area contributed by atoms with Crippen molar-refractivity contribution < 1.29 is 0 Å². The Labute approximate surface area is 144 Å². The van der Waals surface area contributed by atoms with Crippen LogP contribution in [0.5, 0.6) is 0 Å². The molecule has 23 heavy (non-hydrogen) atoms. The van der Waals surface area contributed by atoms with Gasteiger partial charge in [0.05, 0.1) is 0 Å². The summed E-state index contributed by atoms with van der Waals surface area (Å²) in [6, 6.07) is 0.712. The third-order valence-corrected chi connectivity index (χ3v) is 5.82. The van der Waals surface area contributed by atoms with Gasteiger partial charge in [0.1, 0.15) is 0 Å². The zero-order chi connectivity index (χ0) is 17.3. The third kappa shape index (κ3) is 5.42. The van der Waals surface area contributed by atoms with Gasteiger partial charge in [-0.25, -0.2) is 0 Å². The molecular formula is C19H40N4. The van der Waals surface area contributed by atoms with Crippen molar-refractivity contribution in [2.75, 3.05) is 59.4 Å². The average molecular weight is 325 g/mol. The number of hydrogen-bond acceptors (Lipinski definition) is 4. The van der Waals surface area contributed by atoms with Crippen LogP contribution in [0.1, 0.15) is 48.0 Å². The van der Waals surface area contributed by atoms with Gasteiger partial charge in [0.25, 0.3) is 0 Å². The summed E-state index contributed by atoms with van der Waals surface area (Å²) in [6.07, 6.45) is 1.30. The summed E-state index contributed by atoms with van der Waals surface area (Å²) < 4.78 is 0. The zero-order valence-corrected chi connectivity index (χ0v) is 16.7. The van der Waals surface area contributed by atoms with Crippen molar-refractivity contribution >= 4 is 0 Å². The highest BCUT2D eigenvalue weighted by molar-refractivity contribution is 4.87. The molecule has 0 bridgehead atoms. The molecule has 0 radical (unpaired) electrons. The number of rotatable bonds is 2. The van der Waals surface area contributed by atoms with Crippen molar-refractivity contribution in [3.05, 3.63) is 0 Å². The Morgan fingerprint density at radius 1 is 0.696 bits per heavy atom. The maximum Gasteiger partial charge on any atom is 0.0232 e. The molecule has 4 nitrogen and oxygen atoms in total. The van der Waals surface area contributed by atoms with Crippen molar-refractivity contribution in [3.8, 4) is 0 Å². The molecule has 2 aliphatic rings. The van der Waals surface area contributed by atoms with E-state index in [0.29, 0.717) is 17.1 Å². The second-order valence-electron chi connectivity index (χ2n) is 9.54. The number of hydrogen-bond donors (Lipinski definition) is 0. The van der Waals surface area contributed by atoms with Crippen LogP contribution in [0.2, 0.25) is 0 Å². The summed E-state index contributed by atoms with van der Waals surface area (Å²) in [6.45, 7) is 23.8. The first-order valence-electron chi connectivity index (χ1n) is 9.50. The predicted molar refractivity (Wildman–Crippen MR) is 100 cm³/mol. The van der Waals surface area contributed by atoms with Crippen LogP contribution in [0.4, 0.5) is 0 Å². The monoisotopic (exact) mass is 324 g/mol. The normalized spacial score (nSPS) is 28.0. The van der Waals surface area contributed by atoms with Crippen LogP contribution in [-0.4, -0.2) is 96.1 Å². The largest absolute Gasteiger partial charge is 0.301 e. The van der Waals surface area contributed by atoms with Gasteiger partial charge in [0.2, 0.25) is 0 Å². The Morgan fingerprint density at radius 3 is 1.70 bits per heavy atom. The van der Waals surface area contributed by atoms with Crippen LogP contribution in [-0.2, 0) is 0 Å². The lowest BCUT2D eigenvalue weighted by Crippen LogP contribution is -2.55. The van der Waals surface area contributed by atoms with E-state index in [-0.39, 0.29) is 0 Å². The topological polar surface area (TPSA) is 13.0 Å². The van der Waals surface area contributed by atoms with E-state index in [1.165, 1.54) is 58.8 Å². The summed E-state index contributed by atoms with van der Waals surface area (Å²) in [5.74, 6) is 0. The van der Waals surface area contributed by atoms with Crippen molar-refractivity contribution in [3.63, 3.8) is 0 Å². The molecule has 0 spiro atoms. The van der Waals surface area contributed by atoms with E-state index >= 15 is 0 Å². The summed E-state index contributed by atoms with van der Waals surface area (Å²) in [4.78, 5) is 10.6. The van der Waals surface area contributed by atoms with Gasteiger partial charge in [-0.2, -0.15) is 0 Å². The Kier molecular flexibility index (Phi) is 6.15. The molecule has 2 heterocycles. The molecule has 0 N–H and O–H groups in total. The maximum atomic E-state index is 2.69. The highest BCUT2D eigenvalue weighted by Gasteiger charge is 2.30. The molecule has 0 unspecified atom stereocenters. The average Bonchev–Trinajstić information content (AvgIpc) is 2.61. The fraction of sp³-hybridized carbons (Fsp3) is 1.00.